The lowest BCUT2D eigenvalue weighted by atomic mass is 9.91. The summed E-state index contributed by atoms with van der Waals surface area (Å²) >= 11 is 6.27. The highest BCUT2D eigenvalue weighted by Crippen LogP contribution is 2.34. The third kappa shape index (κ3) is 4.42. The molecule has 7 nitrogen and oxygen atoms in total. The lowest BCUT2D eigenvalue weighted by Gasteiger charge is -2.34. The monoisotopic (exact) mass is 425 g/mol. The summed E-state index contributed by atoms with van der Waals surface area (Å²) in [6.07, 6.45) is 5.38. The van der Waals surface area contributed by atoms with Crippen molar-refractivity contribution in [3.05, 3.63) is 51.8 Å². The topological polar surface area (TPSA) is 81.8 Å². The third-order valence-corrected chi connectivity index (χ3v) is 5.96. The largest absolute Gasteiger partial charge is 0.324 e. The molecule has 158 valence electrons. The Morgan fingerprint density at radius 2 is 1.93 bits per heavy atom. The van der Waals surface area contributed by atoms with E-state index in [0.29, 0.717) is 28.6 Å². The first-order valence-electron chi connectivity index (χ1n) is 10.3. The van der Waals surface area contributed by atoms with Crippen LogP contribution in [0.4, 0.5) is 23.3 Å². The van der Waals surface area contributed by atoms with E-state index in [2.05, 4.69) is 68.7 Å². The first-order valence-corrected chi connectivity index (χ1v) is 10.7. The van der Waals surface area contributed by atoms with Gasteiger partial charge in [-0.15, -0.1) is 0 Å². The number of aryl methyl sites for hydroxylation is 3. The molecule has 0 amide bonds. The van der Waals surface area contributed by atoms with E-state index in [9.17, 15) is 0 Å². The second-order valence-corrected chi connectivity index (χ2v) is 8.50. The number of hydrogen-bond donors (Lipinski definition) is 3. The van der Waals surface area contributed by atoms with Crippen LogP contribution in [0.3, 0.4) is 0 Å². The molecular weight excluding hydrogens is 398 g/mol. The van der Waals surface area contributed by atoms with Crippen LogP contribution < -0.4 is 10.6 Å². The number of hydrogen-bond acceptors (Lipinski definition) is 6. The number of H-pyrrole nitrogens is 1. The molecule has 1 aliphatic heterocycles. The summed E-state index contributed by atoms with van der Waals surface area (Å²) < 4.78 is 0. The van der Waals surface area contributed by atoms with Crippen LogP contribution in [0.5, 0.6) is 0 Å². The zero-order valence-electron chi connectivity index (χ0n) is 17.9. The van der Waals surface area contributed by atoms with Gasteiger partial charge in [-0.3, -0.25) is 10.00 Å². The molecule has 0 aliphatic carbocycles. The van der Waals surface area contributed by atoms with Crippen molar-refractivity contribution >= 4 is 34.9 Å². The summed E-state index contributed by atoms with van der Waals surface area (Å²) in [5, 5.41) is 14.0. The predicted molar refractivity (Wildman–Crippen MR) is 122 cm³/mol. The summed E-state index contributed by atoms with van der Waals surface area (Å²) in [6, 6.07) is 6.87. The number of piperidine rings is 1. The van der Waals surface area contributed by atoms with Gasteiger partial charge >= 0.3 is 0 Å². The van der Waals surface area contributed by atoms with Crippen molar-refractivity contribution in [2.24, 2.45) is 0 Å². The normalized spacial score (nSPS) is 17.2. The van der Waals surface area contributed by atoms with E-state index in [1.807, 2.05) is 13.0 Å². The van der Waals surface area contributed by atoms with E-state index in [1.165, 1.54) is 36.0 Å². The number of nitrogens with zero attached hydrogens (tertiary/aromatic N) is 4. The lowest BCUT2D eigenvalue weighted by Crippen LogP contribution is -2.30. The number of aromatic nitrogens is 4. The van der Waals surface area contributed by atoms with Gasteiger partial charge in [0.2, 0.25) is 5.95 Å². The number of aromatic amines is 1. The molecule has 0 unspecified atom stereocenters. The number of likely N-dealkylation sites (tertiary alicyclic amines) is 1. The quantitative estimate of drug-likeness (QED) is 0.506. The molecular formula is C22H28ClN7. The Morgan fingerprint density at radius 3 is 2.67 bits per heavy atom. The summed E-state index contributed by atoms with van der Waals surface area (Å²) in [7, 11) is 2.22. The smallest absolute Gasteiger partial charge is 0.229 e. The molecule has 2 aromatic heterocycles. The van der Waals surface area contributed by atoms with Crippen LogP contribution in [-0.2, 0) is 0 Å². The summed E-state index contributed by atoms with van der Waals surface area (Å²) in [5.41, 5.74) is 5.81. The van der Waals surface area contributed by atoms with E-state index in [1.54, 1.807) is 6.20 Å². The van der Waals surface area contributed by atoms with Gasteiger partial charge in [-0.1, -0.05) is 24.1 Å². The average Bonchev–Trinajstić information content (AvgIpc) is 3.12. The van der Waals surface area contributed by atoms with Gasteiger partial charge < -0.3 is 10.6 Å². The van der Waals surface area contributed by atoms with Crippen molar-refractivity contribution in [1.29, 1.82) is 0 Å². The van der Waals surface area contributed by atoms with Gasteiger partial charge in [-0.25, -0.2) is 4.98 Å². The van der Waals surface area contributed by atoms with Crippen molar-refractivity contribution < 1.29 is 0 Å². The molecule has 1 atom stereocenters. The maximum absolute atomic E-state index is 6.27. The Balaban J connectivity index is 1.56. The Labute approximate surface area is 182 Å². The first kappa shape index (κ1) is 20.6. The molecule has 8 heteroatoms. The van der Waals surface area contributed by atoms with E-state index in [4.69, 9.17) is 11.6 Å². The van der Waals surface area contributed by atoms with Gasteiger partial charge in [-0.2, -0.15) is 10.1 Å². The second kappa shape index (κ2) is 8.62. The van der Waals surface area contributed by atoms with Crippen molar-refractivity contribution in [3.8, 4) is 0 Å². The van der Waals surface area contributed by atoms with Crippen LogP contribution in [0.25, 0.3) is 0 Å². The van der Waals surface area contributed by atoms with Gasteiger partial charge in [0.15, 0.2) is 11.6 Å². The summed E-state index contributed by atoms with van der Waals surface area (Å²) in [6.45, 7) is 7.40. The van der Waals surface area contributed by atoms with Crippen LogP contribution >= 0.6 is 11.6 Å². The second-order valence-electron chi connectivity index (χ2n) is 8.09. The minimum atomic E-state index is 0.435. The fourth-order valence-electron chi connectivity index (χ4n) is 4.04. The minimum absolute atomic E-state index is 0.435. The molecule has 1 fully saturated rings. The highest BCUT2D eigenvalue weighted by molar-refractivity contribution is 6.32. The van der Waals surface area contributed by atoms with Gasteiger partial charge in [0.05, 0.1) is 6.20 Å². The van der Waals surface area contributed by atoms with E-state index in [-0.39, 0.29) is 0 Å². The summed E-state index contributed by atoms with van der Waals surface area (Å²) in [4.78, 5) is 11.4. The average molecular weight is 426 g/mol. The first-order chi connectivity index (χ1) is 14.4. The van der Waals surface area contributed by atoms with Crippen molar-refractivity contribution in [3.63, 3.8) is 0 Å². The highest BCUT2D eigenvalue weighted by atomic mass is 35.5. The zero-order valence-corrected chi connectivity index (χ0v) is 18.6. The Hall–Kier alpha value is -2.64. The molecule has 1 saturated heterocycles. The highest BCUT2D eigenvalue weighted by Gasteiger charge is 2.23. The fraction of sp³-hybridized carbons (Fsp3) is 0.409. The van der Waals surface area contributed by atoms with Crippen molar-refractivity contribution in [2.75, 3.05) is 24.2 Å². The third-order valence-electron chi connectivity index (χ3n) is 5.69. The number of benzene rings is 1. The molecule has 3 aromatic rings. The molecule has 1 aliphatic rings. The molecule has 0 bridgehead atoms. The van der Waals surface area contributed by atoms with Crippen molar-refractivity contribution in [1.82, 2.24) is 25.1 Å². The SMILES string of the molecule is Cc1cc(Nc2nc(Nc3cc(C)c([C@H]4CCCCN4C)cc3C)ncc2Cl)n[nH]1. The molecule has 4 rings (SSSR count). The Morgan fingerprint density at radius 1 is 1.10 bits per heavy atom. The van der Waals surface area contributed by atoms with E-state index >= 15 is 0 Å². The van der Waals surface area contributed by atoms with Crippen LogP contribution in [-0.4, -0.2) is 38.7 Å². The van der Waals surface area contributed by atoms with Gasteiger partial charge in [0, 0.05) is 23.5 Å². The number of halogens is 1. The zero-order chi connectivity index (χ0) is 21.3. The molecule has 30 heavy (non-hydrogen) atoms. The Kier molecular flexibility index (Phi) is 5.92. The van der Waals surface area contributed by atoms with Crippen LogP contribution in [0.2, 0.25) is 5.02 Å². The molecule has 0 saturated carbocycles. The standard InChI is InChI=1S/C22H28ClN7/c1-13-10-18(14(2)9-16(13)19-7-5-6-8-30(19)4)25-22-24-12-17(23)21(27-22)26-20-11-15(3)28-29-20/h9-12,19H,5-8H2,1-4H3,(H3,24,25,26,27,28,29)/t19-/m1/s1. The lowest BCUT2D eigenvalue weighted by molar-refractivity contribution is 0.187. The predicted octanol–water partition coefficient (Wildman–Crippen LogP) is 5.42. The minimum Gasteiger partial charge on any atom is -0.324 e. The molecule has 0 spiro atoms. The molecule has 0 radical (unpaired) electrons. The summed E-state index contributed by atoms with van der Waals surface area (Å²) in [5.74, 6) is 1.65. The van der Waals surface area contributed by atoms with Gasteiger partial charge in [0.1, 0.15) is 5.02 Å². The van der Waals surface area contributed by atoms with Crippen LogP contribution in [0.15, 0.2) is 24.4 Å². The van der Waals surface area contributed by atoms with Gasteiger partial charge in [-0.05, 0) is 70.0 Å². The van der Waals surface area contributed by atoms with E-state index in [0.717, 1.165) is 17.9 Å². The molecule has 1 aromatic carbocycles. The fourth-order valence-corrected chi connectivity index (χ4v) is 4.18. The maximum Gasteiger partial charge on any atom is 0.229 e. The van der Waals surface area contributed by atoms with Crippen molar-refractivity contribution in [2.45, 2.75) is 46.1 Å². The van der Waals surface area contributed by atoms with Gasteiger partial charge in [0.25, 0.3) is 0 Å². The Bertz CT molecular complexity index is 1050. The van der Waals surface area contributed by atoms with Crippen LogP contribution in [0.1, 0.15) is 47.7 Å². The molecule has 3 N–H and O–H groups in total. The molecule has 3 heterocycles. The number of anilines is 4. The number of nitrogens with one attached hydrogen (secondary N) is 3. The number of rotatable bonds is 5. The maximum atomic E-state index is 6.27. The van der Waals surface area contributed by atoms with Crippen LogP contribution in [0, 0.1) is 20.8 Å². The van der Waals surface area contributed by atoms with E-state index < -0.39 is 0 Å².